The molecule has 0 saturated carbocycles. The number of anilines is 1. The van der Waals surface area contributed by atoms with E-state index in [0.717, 1.165) is 48.7 Å². The summed E-state index contributed by atoms with van der Waals surface area (Å²) >= 11 is 0. The third-order valence-corrected chi connectivity index (χ3v) is 5.33. The van der Waals surface area contributed by atoms with Crippen LogP contribution in [0.5, 0.6) is 11.5 Å². The van der Waals surface area contributed by atoms with Gasteiger partial charge in [-0.3, -0.25) is 9.69 Å². The van der Waals surface area contributed by atoms with Crippen LogP contribution in [-0.4, -0.2) is 37.1 Å². The number of amides is 1. The molecule has 0 fully saturated rings. The topological polar surface area (TPSA) is 50.8 Å². The number of nitrogens with one attached hydrogen (secondary N) is 1. The second-order valence-corrected chi connectivity index (χ2v) is 7.41. The van der Waals surface area contributed by atoms with Crippen LogP contribution in [0, 0.1) is 6.92 Å². The minimum atomic E-state index is 0.0356. The summed E-state index contributed by atoms with van der Waals surface area (Å²) in [5, 5.41) is 3.13. The van der Waals surface area contributed by atoms with Gasteiger partial charge in [0.25, 0.3) is 0 Å². The Labute approximate surface area is 174 Å². The standard InChI is InChI=1S/C24H32N2O3/c1-5-18-10-8-9-17(4)24(18)25-23(27)16-26-12-11-19-13-21(28-6-2)22(29-7-3)14-20(19)15-26/h8-10,13-14H,5-7,11-12,15-16H2,1-4H3,(H,25,27). The van der Waals surface area contributed by atoms with E-state index in [1.54, 1.807) is 0 Å². The molecule has 5 heteroatoms. The van der Waals surface area contributed by atoms with Gasteiger partial charge in [-0.15, -0.1) is 0 Å². The van der Waals surface area contributed by atoms with Gasteiger partial charge in [0.1, 0.15) is 0 Å². The first-order chi connectivity index (χ1) is 14.0. The molecule has 5 nitrogen and oxygen atoms in total. The van der Waals surface area contributed by atoms with Crippen molar-refractivity contribution in [2.75, 3.05) is 31.6 Å². The van der Waals surface area contributed by atoms with E-state index < -0.39 is 0 Å². The quantitative estimate of drug-likeness (QED) is 0.721. The van der Waals surface area contributed by atoms with Crippen LogP contribution in [0.4, 0.5) is 5.69 Å². The average molecular weight is 397 g/mol. The van der Waals surface area contributed by atoms with Crippen molar-refractivity contribution in [1.82, 2.24) is 4.90 Å². The molecule has 3 rings (SSSR count). The van der Waals surface area contributed by atoms with Crippen molar-refractivity contribution in [3.05, 3.63) is 52.6 Å². The minimum absolute atomic E-state index is 0.0356. The number of aryl methyl sites for hydroxylation is 2. The Morgan fingerprint density at radius 3 is 2.41 bits per heavy atom. The number of hydrogen-bond donors (Lipinski definition) is 1. The molecular weight excluding hydrogens is 364 g/mol. The van der Waals surface area contributed by atoms with E-state index in [0.29, 0.717) is 19.8 Å². The Bertz CT molecular complexity index is 863. The normalized spacial score (nSPS) is 13.7. The summed E-state index contributed by atoms with van der Waals surface area (Å²) in [6.45, 7) is 11.3. The average Bonchev–Trinajstić information content (AvgIpc) is 2.70. The summed E-state index contributed by atoms with van der Waals surface area (Å²) in [5.41, 5.74) is 5.72. The molecule has 2 aromatic rings. The zero-order valence-corrected chi connectivity index (χ0v) is 18.0. The molecular formula is C24H32N2O3. The third kappa shape index (κ3) is 5.10. The minimum Gasteiger partial charge on any atom is -0.490 e. The van der Waals surface area contributed by atoms with Crippen molar-refractivity contribution in [2.24, 2.45) is 0 Å². The highest BCUT2D eigenvalue weighted by Crippen LogP contribution is 2.34. The maximum Gasteiger partial charge on any atom is 0.238 e. The predicted octanol–water partition coefficient (Wildman–Crippen LogP) is 4.35. The molecule has 0 bridgehead atoms. The summed E-state index contributed by atoms with van der Waals surface area (Å²) in [6, 6.07) is 10.3. The van der Waals surface area contributed by atoms with Gasteiger partial charge in [-0.2, -0.15) is 0 Å². The lowest BCUT2D eigenvalue weighted by Crippen LogP contribution is -2.37. The second-order valence-electron chi connectivity index (χ2n) is 7.41. The lowest BCUT2D eigenvalue weighted by Gasteiger charge is -2.29. The van der Waals surface area contributed by atoms with Gasteiger partial charge in [-0.25, -0.2) is 0 Å². The first kappa shape index (κ1) is 21.2. The van der Waals surface area contributed by atoms with Crippen LogP contribution in [-0.2, 0) is 24.2 Å². The van der Waals surface area contributed by atoms with Crippen molar-refractivity contribution in [2.45, 2.75) is 47.1 Å². The van der Waals surface area contributed by atoms with E-state index in [1.165, 1.54) is 16.7 Å². The van der Waals surface area contributed by atoms with E-state index in [9.17, 15) is 4.79 Å². The number of nitrogens with zero attached hydrogens (tertiary/aromatic N) is 1. The van der Waals surface area contributed by atoms with Gasteiger partial charge in [-0.05, 0) is 68.0 Å². The Balaban J connectivity index is 1.69. The van der Waals surface area contributed by atoms with Crippen LogP contribution >= 0.6 is 0 Å². The highest BCUT2D eigenvalue weighted by Gasteiger charge is 2.22. The van der Waals surface area contributed by atoms with Gasteiger partial charge in [0.2, 0.25) is 5.91 Å². The molecule has 1 heterocycles. The first-order valence-electron chi connectivity index (χ1n) is 10.6. The molecule has 0 atom stereocenters. The van der Waals surface area contributed by atoms with Crippen molar-refractivity contribution in [3.8, 4) is 11.5 Å². The molecule has 1 aliphatic rings. The van der Waals surface area contributed by atoms with E-state index in [-0.39, 0.29) is 5.91 Å². The number of benzene rings is 2. The fraction of sp³-hybridized carbons (Fsp3) is 0.458. The van der Waals surface area contributed by atoms with Crippen molar-refractivity contribution in [1.29, 1.82) is 0 Å². The second kappa shape index (κ2) is 9.79. The molecule has 0 aliphatic carbocycles. The Morgan fingerprint density at radius 2 is 1.76 bits per heavy atom. The summed E-state index contributed by atoms with van der Waals surface area (Å²) in [5.74, 6) is 1.63. The summed E-state index contributed by atoms with van der Waals surface area (Å²) in [4.78, 5) is 14.9. The SMILES string of the molecule is CCOc1cc2c(cc1OCC)CN(CC(=O)Nc1c(C)cccc1CC)CC2. The number of rotatable bonds is 8. The molecule has 1 aliphatic heterocycles. The highest BCUT2D eigenvalue weighted by molar-refractivity contribution is 5.93. The van der Waals surface area contributed by atoms with Crippen molar-refractivity contribution >= 4 is 11.6 Å². The molecule has 0 spiro atoms. The largest absolute Gasteiger partial charge is 0.490 e. The van der Waals surface area contributed by atoms with E-state index in [4.69, 9.17) is 9.47 Å². The van der Waals surface area contributed by atoms with Gasteiger partial charge in [0.05, 0.1) is 19.8 Å². The molecule has 29 heavy (non-hydrogen) atoms. The number of carbonyl (C=O) groups is 1. The first-order valence-corrected chi connectivity index (χ1v) is 10.6. The maximum absolute atomic E-state index is 12.7. The van der Waals surface area contributed by atoms with Crippen LogP contribution in [0.2, 0.25) is 0 Å². The molecule has 0 radical (unpaired) electrons. The van der Waals surface area contributed by atoms with Crippen LogP contribution in [0.1, 0.15) is 43.0 Å². The number of ether oxygens (including phenoxy) is 2. The third-order valence-electron chi connectivity index (χ3n) is 5.33. The Kier molecular flexibility index (Phi) is 7.15. The fourth-order valence-electron chi connectivity index (χ4n) is 3.88. The van der Waals surface area contributed by atoms with Gasteiger partial charge < -0.3 is 14.8 Å². The number of carbonyl (C=O) groups excluding carboxylic acids is 1. The number of hydrogen-bond acceptors (Lipinski definition) is 4. The molecule has 0 unspecified atom stereocenters. The summed E-state index contributed by atoms with van der Waals surface area (Å²) in [7, 11) is 0. The lowest BCUT2D eigenvalue weighted by atomic mass is 9.98. The molecule has 156 valence electrons. The Morgan fingerprint density at radius 1 is 1.07 bits per heavy atom. The lowest BCUT2D eigenvalue weighted by molar-refractivity contribution is -0.117. The van der Waals surface area contributed by atoms with Crippen LogP contribution in [0.15, 0.2) is 30.3 Å². The monoisotopic (exact) mass is 396 g/mol. The summed E-state index contributed by atoms with van der Waals surface area (Å²) < 4.78 is 11.5. The fourth-order valence-corrected chi connectivity index (χ4v) is 3.88. The molecule has 0 saturated heterocycles. The summed E-state index contributed by atoms with van der Waals surface area (Å²) in [6.07, 6.45) is 1.80. The number of fused-ring (bicyclic) bond motifs is 1. The van der Waals surface area contributed by atoms with Gasteiger partial charge in [-0.1, -0.05) is 25.1 Å². The van der Waals surface area contributed by atoms with Gasteiger partial charge in [0, 0.05) is 18.8 Å². The Hall–Kier alpha value is -2.53. The van der Waals surface area contributed by atoms with Crippen LogP contribution < -0.4 is 14.8 Å². The van der Waals surface area contributed by atoms with Crippen LogP contribution in [0.3, 0.4) is 0 Å². The van der Waals surface area contributed by atoms with Crippen LogP contribution in [0.25, 0.3) is 0 Å². The van der Waals surface area contributed by atoms with Crippen molar-refractivity contribution < 1.29 is 14.3 Å². The molecule has 1 amide bonds. The van der Waals surface area contributed by atoms with Gasteiger partial charge in [0.15, 0.2) is 11.5 Å². The smallest absolute Gasteiger partial charge is 0.238 e. The van der Waals surface area contributed by atoms with E-state index in [1.807, 2.05) is 32.9 Å². The maximum atomic E-state index is 12.7. The zero-order chi connectivity index (χ0) is 20.8. The highest BCUT2D eigenvalue weighted by atomic mass is 16.5. The van der Waals surface area contributed by atoms with E-state index >= 15 is 0 Å². The number of para-hydroxylation sites is 1. The van der Waals surface area contributed by atoms with Crippen molar-refractivity contribution in [3.63, 3.8) is 0 Å². The van der Waals surface area contributed by atoms with Gasteiger partial charge >= 0.3 is 0 Å². The molecule has 2 aromatic carbocycles. The molecule has 0 aromatic heterocycles. The van der Waals surface area contributed by atoms with E-state index in [2.05, 4.69) is 35.3 Å². The zero-order valence-electron chi connectivity index (χ0n) is 18.0. The predicted molar refractivity (Wildman–Crippen MR) is 117 cm³/mol. The molecule has 1 N–H and O–H groups in total.